The normalized spacial score (nSPS) is 22.4. The number of nitrogens with two attached hydrogens (primary N) is 1. The maximum Gasteiger partial charge on any atom is 0.231 e. The maximum absolute atomic E-state index is 12.8. The van der Waals surface area contributed by atoms with Crippen molar-refractivity contribution in [3.63, 3.8) is 0 Å². The van der Waals surface area contributed by atoms with Gasteiger partial charge in [-0.15, -0.1) is 0 Å². The molecule has 2 aliphatic rings. The minimum Gasteiger partial charge on any atom is -0.369 e. The summed E-state index contributed by atoms with van der Waals surface area (Å²) in [4.78, 5) is 38.4. The fraction of sp³-hybridized carbons (Fsp3) is 0.625. The Bertz CT molecular complexity index is 573. The molecule has 0 radical (unpaired) electrons. The first-order valence-corrected chi connectivity index (χ1v) is 8.45. The molecule has 1 atom stereocenters. The van der Waals surface area contributed by atoms with Gasteiger partial charge in [0.2, 0.25) is 17.8 Å². The number of carbonyl (C=O) groups excluding carboxylic acids is 2. The molecule has 0 bridgehead atoms. The first kappa shape index (κ1) is 16.6. The first-order valence-electron chi connectivity index (χ1n) is 8.45. The first-order chi connectivity index (χ1) is 11.6. The fourth-order valence-electron chi connectivity index (χ4n) is 3.46. The van der Waals surface area contributed by atoms with Crippen molar-refractivity contribution in [2.45, 2.75) is 12.8 Å². The number of primary amides is 1. The van der Waals surface area contributed by atoms with E-state index in [2.05, 4.69) is 14.9 Å². The lowest BCUT2D eigenvalue weighted by atomic mass is 9.96. The van der Waals surface area contributed by atoms with Crippen LogP contribution < -0.4 is 10.6 Å². The molecular formula is C16H24N6O2. The average molecular weight is 332 g/mol. The molecule has 130 valence electrons. The molecule has 3 rings (SSSR count). The molecule has 1 aromatic heterocycles. The van der Waals surface area contributed by atoms with Gasteiger partial charge in [0, 0.05) is 45.1 Å². The highest BCUT2D eigenvalue weighted by Crippen LogP contribution is 2.20. The smallest absolute Gasteiger partial charge is 0.231 e. The van der Waals surface area contributed by atoms with E-state index in [1.54, 1.807) is 18.5 Å². The molecule has 0 spiro atoms. The molecule has 0 aliphatic carbocycles. The van der Waals surface area contributed by atoms with Crippen LogP contribution in [0.2, 0.25) is 0 Å². The van der Waals surface area contributed by atoms with Crippen molar-refractivity contribution in [3.8, 4) is 0 Å². The zero-order valence-electron chi connectivity index (χ0n) is 13.8. The molecule has 2 amide bonds. The number of aromatic nitrogens is 2. The van der Waals surface area contributed by atoms with Gasteiger partial charge in [-0.3, -0.25) is 14.5 Å². The molecule has 1 unspecified atom stereocenters. The molecule has 1 aromatic rings. The number of piperazine rings is 1. The summed E-state index contributed by atoms with van der Waals surface area (Å²) in [5.74, 6) is 0.546. The lowest BCUT2D eigenvalue weighted by Crippen LogP contribution is -2.53. The average Bonchev–Trinajstić information content (AvgIpc) is 2.62. The number of rotatable bonds is 4. The molecule has 8 heteroatoms. The zero-order valence-corrected chi connectivity index (χ0v) is 13.8. The van der Waals surface area contributed by atoms with Crippen molar-refractivity contribution < 1.29 is 9.59 Å². The van der Waals surface area contributed by atoms with Crippen molar-refractivity contribution in [1.82, 2.24) is 19.8 Å². The summed E-state index contributed by atoms with van der Waals surface area (Å²) < 4.78 is 0. The second-order valence-electron chi connectivity index (χ2n) is 6.40. The summed E-state index contributed by atoms with van der Waals surface area (Å²) in [6.07, 6.45) is 5.28. The summed E-state index contributed by atoms with van der Waals surface area (Å²) in [6, 6.07) is 1.80. The number of amides is 2. The van der Waals surface area contributed by atoms with E-state index in [4.69, 9.17) is 5.73 Å². The van der Waals surface area contributed by atoms with E-state index in [0.29, 0.717) is 19.6 Å². The van der Waals surface area contributed by atoms with Gasteiger partial charge >= 0.3 is 0 Å². The highest BCUT2D eigenvalue weighted by atomic mass is 16.2. The second-order valence-corrected chi connectivity index (χ2v) is 6.40. The number of hydrogen-bond acceptors (Lipinski definition) is 6. The molecule has 24 heavy (non-hydrogen) atoms. The zero-order chi connectivity index (χ0) is 16.9. The Hall–Kier alpha value is -2.22. The van der Waals surface area contributed by atoms with Gasteiger partial charge in [-0.05, 0) is 25.5 Å². The Morgan fingerprint density at radius 3 is 2.50 bits per heavy atom. The SMILES string of the molecule is NC(=O)CN1CCCC(C(=O)N2CCN(c3ncccn3)CC2)C1. The van der Waals surface area contributed by atoms with Crippen molar-refractivity contribution >= 4 is 17.8 Å². The lowest BCUT2D eigenvalue weighted by Gasteiger charge is -2.38. The van der Waals surface area contributed by atoms with Crippen LogP contribution in [0.4, 0.5) is 5.95 Å². The third-order valence-corrected chi connectivity index (χ3v) is 4.66. The number of likely N-dealkylation sites (tertiary alicyclic amines) is 1. The second kappa shape index (κ2) is 7.57. The lowest BCUT2D eigenvalue weighted by molar-refractivity contribution is -0.138. The van der Waals surface area contributed by atoms with Gasteiger partial charge in [0.1, 0.15) is 0 Å². The summed E-state index contributed by atoms with van der Waals surface area (Å²) >= 11 is 0. The van der Waals surface area contributed by atoms with Crippen LogP contribution in [0.5, 0.6) is 0 Å². The summed E-state index contributed by atoms with van der Waals surface area (Å²) in [5.41, 5.74) is 5.26. The van der Waals surface area contributed by atoms with Crippen molar-refractivity contribution in [1.29, 1.82) is 0 Å². The third-order valence-electron chi connectivity index (χ3n) is 4.66. The number of nitrogens with zero attached hydrogens (tertiary/aromatic N) is 5. The maximum atomic E-state index is 12.8. The van der Waals surface area contributed by atoms with Gasteiger partial charge < -0.3 is 15.5 Å². The predicted octanol–water partition coefficient (Wildman–Crippen LogP) is -0.677. The van der Waals surface area contributed by atoms with Crippen LogP contribution in [0.3, 0.4) is 0 Å². The van der Waals surface area contributed by atoms with Crippen LogP contribution in [0.1, 0.15) is 12.8 Å². The van der Waals surface area contributed by atoms with Gasteiger partial charge in [0.15, 0.2) is 0 Å². The van der Waals surface area contributed by atoms with Gasteiger partial charge in [-0.2, -0.15) is 0 Å². The molecule has 8 nitrogen and oxygen atoms in total. The largest absolute Gasteiger partial charge is 0.369 e. The van der Waals surface area contributed by atoms with Crippen LogP contribution in [-0.4, -0.2) is 77.4 Å². The van der Waals surface area contributed by atoms with Crippen LogP contribution in [0.25, 0.3) is 0 Å². The summed E-state index contributed by atoms with van der Waals surface area (Å²) in [5, 5.41) is 0. The highest BCUT2D eigenvalue weighted by Gasteiger charge is 2.31. The Balaban J connectivity index is 1.52. The van der Waals surface area contributed by atoms with E-state index in [9.17, 15) is 9.59 Å². The van der Waals surface area contributed by atoms with Crippen LogP contribution in [0.15, 0.2) is 18.5 Å². The number of piperidine rings is 1. The van der Waals surface area contributed by atoms with E-state index in [1.165, 1.54) is 0 Å². The van der Waals surface area contributed by atoms with E-state index in [1.807, 2.05) is 9.80 Å². The summed E-state index contributed by atoms with van der Waals surface area (Å²) in [7, 11) is 0. The number of anilines is 1. The van der Waals surface area contributed by atoms with Gasteiger partial charge in [-0.1, -0.05) is 0 Å². The Morgan fingerprint density at radius 2 is 1.83 bits per heavy atom. The minimum absolute atomic E-state index is 0.0300. The molecule has 0 aromatic carbocycles. The van der Waals surface area contributed by atoms with Gasteiger partial charge in [0.05, 0.1) is 12.5 Å². The third kappa shape index (κ3) is 4.00. The Labute approximate surface area is 141 Å². The van der Waals surface area contributed by atoms with E-state index in [0.717, 1.165) is 38.4 Å². The summed E-state index contributed by atoms with van der Waals surface area (Å²) in [6.45, 7) is 4.56. The van der Waals surface area contributed by atoms with Crippen LogP contribution in [-0.2, 0) is 9.59 Å². The van der Waals surface area contributed by atoms with Crippen molar-refractivity contribution in [2.75, 3.05) is 50.7 Å². The molecular weight excluding hydrogens is 308 g/mol. The Kier molecular flexibility index (Phi) is 5.24. The van der Waals surface area contributed by atoms with Crippen molar-refractivity contribution in [3.05, 3.63) is 18.5 Å². The molecule has 0 saturated carbocycles. The Morgan fingerprint density at radius 1 is 1.12 bits per heavy atom. The van der Waals surface area contributed by atoms with E-state index in [-0.39, 0.29) is 24.3 Å². The monoisotopic (exact) mass is 332 g/mol. The quantitative estimate of drug-likeness (QED) is 0.785. The number of hydrogen-bond donors (Lipinski definition) is 1. The van der Waals surface area contributed by atoms with Crippen LogP contribution >= 0.6 is 0 Å². The minimum atomic E-state index is -0.334. The van der Waals surface area contributed by atoms with E-state index >= 15 is 0 Å². The van der Waals surface area contributed by atoms with Gasteiger partial charge in [0.25, 0.3) is 0 Å². The highest BCUT2D eigenvalue weighted by molar-refractivity contribution is 5.80. The standard InChI is InChI=1S/C16H24N6O2/c17-14(23)12-20-6-1-3-13(11-20)15(24)21-7-9-22(10-8-21)16-18-4-2-5-19-16/h2,4-5,13H,1,3,6-12H2,(H2,17,23). The van der Waals surface area contributed by atoms with E-state index < -0.39 is 0 Å². The molecule has 3 heterocycles. The molecule has 2 aliphatic heterocycles. The fourth-order valence-corrected chi connectivity index (χ4v) is 3.46. The van der Waals surface area contributed by atoms with Crippen LogP contribution in [0, 0.1) is 5.92 Å². The van der Waals surface area contributed by atoms with Crippen molar-refractivity contribution in [2.24, 2.45) is 11.7 Å². The molecule has 2 N–H and O–H groups in total. The predicted molar refractivity (Wildman–Crippen MR) is 89.2 cm³/mol. The molecule has 2 saturated heterocycles. The number of carbonyl (C=O) groups is 2. The topological polar surface area (TPSA) is 95.7 Å². The molecule has 2 fully saturated rings. The van der Waals surface area contributed by atoms with Gasteiger partial charge in [-0.25, -0.2) is 9.97 Å².